The van der Waals surface area contributed by atoms with Crippen LogP contribution < -0.4 is 41.4 Å². The van der Waals surface area contributed by atoms with E-state index >= 15 is 0 Å². The van der Waals surface area contributed by atoms with Crippen molar-refractivity contribution in [3.8, 4) is 11.1 Å². The van der Waals surface area contributed by atoms with Crippen molar-refractivity contribution in [2.24, 2.45) is 0 Å². The van der Waals surface area contributed by atoms with Crippen LogP contribution in [0.4, 0.5) is 28.4 Å². The molecule has 0 atom stereocenters. The van der Waals surface area contributed by atoms with Crippen molar-refractivity contribution in [3.63, 3.8) is 0 Å². The lowest BCUT2D eigenvalue weighted by atomic mass is 9.43. The van der Waals surface area contributed by atoms with Crippen molar-refractivity contribution in [3.05, 3.63) is 199 Å². The maximum Gasteiger partial charge on any atom is 0.337 e. The third-order valence-corrected chi connectivity index (χ3v) is 21.7. The van der Waals surface area contributed by atoms with Crippen LogP contribution in [0.1, 0.15) is 57.2 Å². The van der Waals surface area contributed by atoms with E-state index in [4.69, 9.17) is 8.83 Å². The van der Waals surface area contributed by atoms with Crippen LogP contribution in [-0.2, 0) is 10.8 Å². The first-order valence-electron chi connectivity index (χ1n) is 24.7. The van der Waals surface area contributed by atoms with Crippen molar-refractivity contribution < 1.29 is 8.83 Å². The van der Waals surface area contributed by atoms with Crippen LogP contribution in [0.5, 0.6) is 0 Å². The number of aryl methyl sites for hydroxylation is 1. The average Bonchev–Trinajstić information content (AvgIpc) is 3.95. The average molecular weight is 905 g/mol. The van der Waals surface area contributed by atoms with Crippen molar-refractivity contribution in [2.75, 3.05) is 9.71 Å². The van der Waals surface area contributed by atoms with Gasteiger partial charge in [0.2, 0.25) is 0 Å². The molecule has 0 radical (unpaired) electrons. The first-order valence-corrected chi connectivity index (χ1v) is 26.7. The molecule has 4 nitrogen and oxygen atoms in total. The van der Waals surface area contributed by atoms with E-state index in [2.05, 4.69) is 226 Å². The third-order valence-electron chi connectivity index (χ3n) is 16.9. The van der Waals surface area contributed by atoms with Crippen LogP contribution in [-0.4, -0.2) is 14.9 Å². The number of para-hydroxylation sites is 4. The largest absolute Gasteiger partial charge is 0.456 e. The van der Waals surface area contributed by atoms with E-state index < -0.39 is 8.07 Å². The highest BCUT2D eigenvalue weighted by Crippen LogP contribution is 2.54. The quantitative estimate of drug-likeness (QED) is 0.165. The number of anilines is 5. The lowest BCUT2D eigenvalue weighted by Gasteiger charge is -2.52. The summed E-state index contributed by atoms with van der Waals surface area (Å²) in [6, 6.07) is 68.7. The highest BCUT2D eigenvalue weighted by atomic mass is 28.3. The predicted molar refractivity (Wildman–Crippen MR) is 292 cm³/mol. The van der Waals surface area contributed by atoms with E-state index in [1.807, 2.05) is 0 Å². The molecule has 0 spiro atoms. The fourth-order valence-corrected chi connectivity index (χ4v) is 18.7. The molecule has 2 aromatic heterocycles. The second-order valence-electron chi connectivity index (χ2n) is 21.4. The summed E-state index contributed by atoms with van der Waals surface area (Å²) in [7, 11) is -2.98. The molecule has 0 amide bonds. The summed E-state index contributed by atoms with van der Waals surface area (Å²) in [4.78, 5) is 5.34. The van der Waals surface area contributed by atoms with Crippen LogP contribution in [0, 0.1) is 6.92 Å². The SMILES string of the molecule is Cc1cc2c(cc1N1c3cc4c(oc5ccccc54)c4c3B(c3c1ccc1c3oc3ccccc31)N1c3ccccc3[Si](c3ccccc3)(c3ccccc3)c3cccc-4c31)C(C)(C)CCC2(C)C. The second kappa shape index (κ2) is 13.6. The van der Waals surface area contributed by atoms with Gasteiger partial charge in [-0.25, -0.2) is 0 Å². The molecule has 15 rings (SSSR count). The fraction of sp³-hybridized carbons (Fsp3) is 0.143. The minimum absolute atomic E-state index is 0.0159. The molecule has 0 bridgehead atoms. The Labute approximate surface area is 403 Å². The smallest absolute Gasteiger partial charge is 0.337 e. The Balaban J connectivity index is 1.16. The number of hydrogen-bond donors (Lipinski definition) is 0. The fourth-order valence-electron chi connectivity index (χ4n) is 13.6. The molecule has 4 aliphatic rings. The summed E-state index contributed by atoms with van der Waals surface area (Å²) in [6.07, 6.45) is 2.31. The lowest BCUT2D eigenvalue weighted by molar-refractivity contribution is 0.332. The van der Waals surface area contributed by atoms with Gasteiger partial charge in [0.05, 0.1) is 0 Å². The first kappa shape index (κ1) is 39.5. The van der Waals surface area contributed by atoms with Crippen molar-refractivity contribution >= 4 is 119 Å². The number of benzene rings is 9. The predicted octanol–water partition coefficient (Wildman–Crippen LogP) is 12.5. The second-order valence-corrected chi connectivity index (χ2v) is 25.1. The highest BCUT2D eigenvalue weighted by Gasteiger charge is 2.56. The molecule has 11 aromatic rings. The lowest BCUT2D eigenvalue weighted by Crippen LogP contribution is -2.79. The van der Waals surface area contributed by atoms with Crippen LogP contribution in [0.25, 0.3) is 55.0 Å². The summed E-state index contributed by atoms with van der Waals surface area (Å²) < 4.78 is 14.6. The number of rotatable bonds is 3. The molecule has 3 aliphatic heterocycles. The number of hydrogen-bond acceptors (Lipinski definition) is 4. The molecule has 1 aliphatic carbocycles. The zero-order valence-electron chi connectivity index (χ0n) is 39.5. The van der Waals surface area contributed by atoms with E-state index in [1.165, 1.54) is 88.7 Å². The van der Waals surface area contributed by atoms with Crippen LogP contribution >= 0.6 is 0 Å². The Bertz CT molecular complexity index is 3980. The number of furan rings is 2. The van der Waals surface area contributed by atoms with E-state index in [0.29, 0.717) is 0 Å². The Kier molecular flexibility index (Phi) is 7.77. The maximum atomic E-state index is 7.29. The minimum Gasteiger partial charge on any atom is -0.456 e. The van der Waals surface area contributed by atoms with E-state index in [0.717, 1.165) is 56.0 Å². The summed E-state index contributed by atoms with van der Waals surface area (Å²) in [5.41, 5.74) is 18.8. The molecular formula is C63H49BN2O2Si. The molecule has 0 saturated heterocycles. The van der Waals surface area contributed by atoms with Gasteiger partial charge in [-0.15, -0.1) is 0 Å². The van der Waals surface area contributed by atoms with Crippen molar-refractivity contribution in [2.45, 2.75) is 58.3 Å². The van der Waals surface area contributed by atoms with Gasteiger partial charge in [0.15, 0.2) is 8.07 Å². The molecule has 0 unspecified atom stereocenters. The van der Waals surface area contributed by atoms with Gasteiger partial charge in [-0.1, -0.05) is 167 Å². The Morgan fingerprint density at radius 2 is 1.07 bits per heavy atom. The van der Waals surface area contributed by atoms with E-state index in [-0.39, 0.29) is 17.7 Å². The van der Waals surface area contributed by atoms with Crippen LogP contribution in [0.3, 0.4) is 0 Å². The molecule has 6 heteroatoms. The van der Waals surface area contributed by atoms with Crippen LogP contribution in [0.2, 0.25) is 0 Å². The molecule has 9 aromatic carbocycles. The summed E-state index contributed by atoms with van der Waals surface area (Å²) in [5, 5.41) is 10.0. The molecule has 69 heavy (non-hydrogen) atoms. The zero-order valence-corrected chi connectivity index (χ0v) is 40.5. The number of nitrogens with zero attached hydrogens (tertiary/aromatic N) is 2. The first-order chi connectivity index (χ1) is 33.6. The Morgan fingerprint density at radius 1 is 0.478 bits per heavy atom. The number of fused-ring (bicyclic) bond motifs is 15. The van der Waals surface area contributed by atoms with Crippen molar-refractivity contribution in [1.29, 1.82) is 0 Å². The van der Waals surface area contributed by atoms with Gasteiger partial charge >= 0.3 is 6.85 Å². The van der Waals surface area contributed by atoms with Crippen molar-refractivity contribution in [1.82, 2.24) is 0 Å². The molecular weight excluding hydrogens is 856 g/mol. The van der Waals surface area contributed by atoms with Gasteiger partial charge in [0.1, 0.15) is 22.3 Å². The maximum absolute atomic E-state index is 7.29. The van der Waals surface area contributed by atoms with Gasteiger partial charge in [0, 0.05) is 66.6 Å². The normalized spacial score (nSPS) is 16.6. The summed E-state index contributed by atoms with van der Waals surface area (Å²) >= 11 is 0. The summed E-state index contributed by atoms with van der Waals surface area (Å²) in [5.74, 6) is 0. The van der Waals surface area contributed by atoms with Gasteiger partial charge in [-0.3, -0.25) is 0 Å². The molecule has 0 N–H and O–H groups in total. The van der Waals surface area contributed by atoms with Gasteiger partial charge in [-0.2, -0.15) is 0 Å². The Morgan fingerprint density at radius 3 is 1.78 bits per heavy atom. The standard InChI is InChI=1S/C63H49BN2O2Si/c1-38-35-46-47(63(4,5)34-33-62(46,2)3)37-50(38)65-49-32-31-43-41-23-12-15-27-52(41)68-61(43)58(49)64-57-51(65)36-45-42-24-13-16-28-53(42)67-60(45)56(57)44-25-18-30-55-59(44)66(64)48-26-14-17-29-54(48)69(55,39-19-8-6-9-20-39)40-21-10-7-11-22-40/h6-32,35-37H,33-34H2,1-5H3. The van der Waals surface area contributed by atoms with E-state index in [1.54, 1.807) is 0 Å². The third kappa shape index (κ3) is 4.99. The topological polar surface area (TPSA) is 32.8 Å². The minimum atomic E-state index is -2.98. The molecule has 5 heterocycles. The zero-order chi connectivity index (χ0) is 46.1. The van der Waals surface area contributed by atoms with E-state index in [9.17, 15) is 0 Å². The molecule has 0 fully saturated rings. The van der Waals surface area contributed by atoms with Gasteiger partial charge in [0.25, 0.3) is 0 Å². The van der Waals surface area contributed by atoms with Gasteiger partial charge in [-0.05, 0) is 116 Å². The monoisotopic (exact) mass is 904 g/mol. The highest BCUT2D eigenvalue weighted by molar-refractivity contribution is 7.22. The molecule has 330 valence electrons. The van der Waals surface area contributed by atoms with Gasteiger partial charge < -0.3 is 18.5 Å². The summed E-state index contributed by atoms with van der Waals surface area (Å²) in [6.45, 7) is 11.8. The molecule has 0 saturated carbocycles. The Hall–Kier alpha value is -7.54. The van der Waals surface area contributed by atoms with Crippen LogP contribution in [0.15, 0.2) is 191 Å².